The van der Waals surface area contributed by atoms with Gasteiger partial charge in [0.15, 0.2) is 5.76 Å². The molecule has 1 aliphatic rings. The Hall–Kier alpha value is -2.31. The second-order valence-electron chi connectivity index (χ2n) is 6.61. The molecule has 2 aromatic rings. The molecule has 1 aromatic heterocycles. The summed E-state index contributed by atoms with van der Waals surface area (Å²) in [6, 6.07) is 12.7. The van der Waals surface area contributed by atoms with Crippen LogP contribution in [0.4, 0.5) is 0 Å². The van der Waals surface area contributed by atoms with E-state index in [0.29, 0.717) is 19.0 Å². The Morgan fingerprint density at radius 3 is 2.67 bits per heavy atom. The Balaban J connectivity index is 0.00000261. The molecule has 0 saturated carbocycles. The molecular formula is C20H26ClN3O3. The molecule has 1 fully saturated rings. The van der Waals surface area contributed by atoms with Gasteiger partial charge in [0.25, 0.3) is 5.91 Å². The van der Waals surface area contributed by atoms with Gasteiger partial charge in [-0.15, -0.1) is 12.4 Å². The van der Waals surface area contributed by atoms with Crippen molar-refractivity contribution in [2.24, 2.45) is 0 Å². The van der Waals surface area contributed by atoms with Crippen LogP contribution in [-0.2, 0) is 11.2 Å². The van der Waals surface area contributed by atoms with Crippen LogP contribution in [0.3, 0.4) is 0 Å². The Morgan fingerprint density at radius 2 is 2.00 bits per heavy atom. The average molecular weight is 392 g/mol. The van der Waals surface area contributed by atoms with Gasteiger partial charge in [-0.05, 0) is 37.6 Å². The minimum Gasteiger partial charge on any atom is -0.459 e. The molecule has 0 aliphatic carbocycles. The maximum absolute atomic E-state index is 13.1. The van der Waals surface area contributed by atoms with Gasteiger partial charge in [0.1, 0.15) is 6.04 Å². The number of nitrogens with zero attached hydrogens (tertiary/aromatic N) is 1. The molecule has 146 valence electrons. The van der Waals surface area contributed by atoms with Crippen molar-refractivity contribution < 1.29 is 14.0 Å². The van der Waals surface area contributed by atoms with Gasteiger partial charge in [0, 0.05) is 25.6 Å². The van der Waals surface area contributed by atoms with Gasteiger partial charge in [-0.1, -0.05) is 30.3 Å². The van der Waals surface area contributed by atoms with Gasteiger partial charge in [0.05, 0.1) is 6.26 Å². The van der Waals surface area contributed by atoms with Crippen molar-refractivity contribution in [1.82, 2.24) is 15.5 Å². The number of nitrogens with one attached hydrogen (secondary N) is 2. The fraction of sp³-hybridized carbons (Fsp3) is 0.400. The molecule has 0 radical (unpaired) electrons. The molecule has 27 heavy (non-hydrogen) atoms. The maximum atomic E-state index is 13.1. The number of likely N-dealkylation sites (tertiary alicyclic amines) is 1. The number of piperidine rings is 1. The number of likely N-dealkylation sites (N-methyl/N-ethyl adjacent to an activating group) is 1. The summed E-state index contributed by atoms with van der Waals surface area (Å²) in [4.78, 5) is 27.4. The summed E-state index contributed by atoms with van der Waals surface area (Å²) in [6.45, 7) is 1.39. The molecule has 1 aliphatic heterocycles. The van der Waals surface area contributed by atoms with E-state index in [0.717, 1.165) is 24.9 Å². The molecule has 3 rings (SSSR count). The minimum absolute atomic E-state index is 0. The van der Waals surface area contributed by atoms with E-state index in [1.54, 1.807) is 12.1 Å². The molecule has 6 nitrogen and oxygen atoms in total. The number of hydrogen-bond acceptors (Lipinski definition) is 4. The van der Waals surface area contributed by atoms with Crippen molar-refractivity contribution in [2.75, 3.05) is 20.1 Å². The number of rotatable bonds is 6. The van der Waals surface area contributed by atoms with E-state index < -0.39 is 6.04 Å². The van der Waals surface area contributed by atoms with Crippen LogP contribution in [0.5, 0.6) is 0 Å². The highest BCUT2D eigenvalue weighted by atomic mass is 35.5. The molecular weight excluding hydrogens is 366 g/mol. The summed E-state index contributed by atoms with van der Waals surface area (Å²) in [6.07, 6.45) is 3.92. The third kappa shape index (κ3) is 5.58. The van der Waals surface area contributed by atoms with E-state index >= 15 is 0 Å². The van der Waals surface area contributed by atoms with Crippen LogP contribution in [0.1, 0.15) is 29.0 Å². The highest BCUT2D eigenvalue weighted by Gasteiger charge is 2.30. The van der Waals surface area contributed by atoms with E-state index in [1.807, 2.05) is 42.3 Å². The van der Waals surface area contributed by atoms with Gasteiger partial charge in [0.2, 0.25) is 5.91 Å². The van der Waals surface area contributed by atoms with Crippen molar-refractivity contribution in [3.05, 3.63) is 60.1 Å². The Morgan fingerprint density at radius 1 is 1.22 bits per heavy atom. The third-order valence-electron chi connectivity index (χ3n) is 4.77. The lowest BCUT2D eigenvalue weighted by Gasteiger charge is -2.35. The molecule has 2 amide bonds. The third-order valence-corrected chi connectivity index (χ3v) is 4.77. The predicted octanol–water partition coefficient (Wildman–Crippen LogP) is 2.25. The van der Waals surface area contributed by atoms with Gasteiger partial charge in [-0.25, -0.2) is 0 Å². The van der Waals surface area contributed by atoms with Gasteiger partial charge in [-0.2, -0.15) is 0 Å². The van der Waals surface area contributed by atoms with Gasteiger partial charge < -0.3 is 20.0 Å². The molecule has 0 spiro atoms. The predicted molar refractivity (Wildman–Crippen MR) is 106 cm³/mol. The molecule has 2 heterocycles. The monoisotopic (exact) mass is 391 g/mol. The molecule has 2 unspecified atom stereocenters. The molecule has 1 saturated heterocycles. The molecule has 1 aromatic carbocycles. The van der Waals surface area contributed by atoms with Crippen LogP contribution in [0.15, 0.2) is 53.1 Å². The Kier molecular flexibility index (Phi) is 7.88. The summed E-state index contributed by atoms with van der Waals surface area (Å²) in [5.74, 6) is -0.206. The summed E-state index contributed by atoms with van der Waals surface area (Å²) in [5.41, 5.74) is 1.01. The highest BCUT2D eigenvalue weighted by Crippen LogP contribution is 2.14. The van der Waals surface area contributed by atoms with Crippen LogP contribution in [-0.4, -0.2) is 48.9 Å². The molecule has 2 atom stereocenters. The topological polar surface area (TPSA) is 74.6 Å². The fourth-order valence-electron chi connectivity index (χ4n) is 3.32. The first-order valence-corrected chi connectivity index (χ1v) is 9.01. The summed E-state index contributed by atoms with van der Waals surface area (Å²) in [5, 5.41) is 6.10. The van der Waals surface area contributed by atoms with Crippen LogP contribution >= 0.6 is 12.4 Å². The van der Waals surface area contributed by atoms with Gasteiger partial charge >= 0.3 is 0 Å². The number of benzene rings is 1. The zero-order valence-electron chi connectivity index (χ0n) is 15.4. The zero-order valence-corrected chi connectivity index (χ0v) is 16.2. The SMILES string of the molecule is CNC1CCCN(C(=O)C(Cc2ccccc2)NC(=O)c2ccco2)C1.Cl. The van der Waals surface area contributed by atoms with Gasteiger partial charge in [-0.3, -0.25) is 9.59 Å². The second kappa shape index (κ2) is 10.1. The second-order valence-corrected chi connectivity index (χ2v) is 6.61. The van der Waals surface area contributed by atoms with E-state index in [2.05, 4.69) is 10.6 Å². The van der Waals surface area contributed by atoms with Crippen molar-refractivity contribution in [2.45, 2.75) is 31.3 Å². The largest absolute Gasteiger partial charge is 0.459 e. The quantitative estimate of drug-likeness (QED) is 0.792. The number of amides is 2. The van der Waals surface area contributed by atoms with E-state index in [1.165, 1.54) is 6.26 Å². The fourth-order valence-corrected chi connectivity index (χ4v) is 3.32. The summed E-state index contributed by atoms with van der Waals surface area (Å²) >= 11 is 0. The Bertz CT molecular complexity index is 721. The molecule has 0 bridgehead atoms. The summed E-state index contributed by atoms with van der Waals surface area (Å²) in [7, 11) is 1.92. The van der Waals surface area contributed by atoms with E-state index in [4.69, 9.17) is 4.42 Å². The standard InChI is InChI=1S/C20H25N3O3.ClH/c1-21-16-9-5-11-23(14-16)20(25)17(13-15-7-3-2-4-8-15)22-19(24)18-10-6-12-26-18;/h2-4,6-8,10,12,16-17,21H,5,9,11,13-14H2,1H3,(H,22,24);1H. The number of furan rings is 1. The van der Waals surface area contributed by atoms with Crippen molar-refractivity contribution >= 4 is 24.2 Å². The number of carbonyl (C=O) groups excluding carboxylic acids is 2. The van der Waals surface area contributed by atoms with Crippen LogP contribution < -0.4 is 10.6 Å². The normalized spacial score (nSPS) is 17.7. The van der Waals surface area contributed by atoms with E-state index in [9.17, 15) is 9.59 Å². The minimum atomic E-state index is -0.620. The lowest BCUT2D eigenvalue weighted by atomic mass is 10.0. The first-order chi connectivity index (χ1) is 12.7. The molecule has 7 heteroatoms. The zero-order chi connectivity index (χ0) is 18.4. The number of carbonyl (C=O) groups is 2. The smallest absolute Gasteiger partial charge is 0.287 e. The Labute approximate surface area is 165 Å². The maximum Gasteiger partial charge on any atom is 0.287 e. The molecule has 2 N–H and O–H groups in total. The van der Waals surface area contributed by atoms with Crippen molar-refractivity contribution in [1.29, 1.82) is 0 Å². The van der Waals surface area contributed by atoms with E-state index in [-0.39, 0.29) is 30.0 Å². The van der Waals surface area contributed by atoms with Crippen molar-refractivity contribution in [3.63, 3.8) is 0 Å². The van der Waals surface area contributed by atoms with Crippen molar-refractivity contribution in [3.8, 4) is 0 Å². The first-order valence-electron chi connectivity index (χ1n) is 9.01. The highest BCUT2D eigenvalue weighted by molar-refractivity contribution is 5.95. The average Bonchev–Trinajstić information content (AvgIpc) is 3.23. The first kappa shape index (κ1) is 21.0. The number of halogens is 1. The van der Waals surface area contributed by atoms with Crippen LogP contribution in [0.25, 0.3) is 0 Å². The van der Waals surface area contributed by atoms with Crippen LogP contribution in [0, 0.1) is 0 Å². The van der Waals surface area contributed by atoms with Crippen LogP contribution in [0.2, 0.25) is 0 Å². The lowest BCUT2D eigenvalue weighted by molar-refractivity contribution is -0.134. The summed E-state index contributed by atoms with van der Waals surface area (Å²) < 4.78 is 5.16. The number of hydrogen-bond donors (Lipinski definition) is 2. The lowest BCUT2D eigenvalue weighted by Crippen LogP contribution is -2.54.